The topological polar surface area (TPSA) is 75.5 Å². The summed E-state index contributed by atoms with van der Waals surface area (Å²) in [6, 6.07) is 9.10. The van der Waals surface area contributed by atoms with Crippen molar-refractivity contribution in [3.8, 4) is 0 Å². The maximum Gasteiger partial charge on any atom is 0.338 e. The van der Waals surface area contributed by atoms with Gasteiger partial charge in [-0.25, -0.2) is 4.79 Å². The van der Waals surface area contributed by atoms with E-state index in [9.17, 15) is 9.59 Å². The smallest absolute Gasteiger partial charge is 0.338 e. The number of likely N-dealkylation sites (N-methyl/N-ethyl adjacent to an activating group) is 1. The lowest BCUT2D eigenvalue weighted by Gasteiger charge is -2.18. The SMILES string of the molecule is CC1CCc2[nH]c3ccc(C(=O)OCC(=O)N(C)Cc4ccco4)cc3c2C1. The number of amides is 1. The van der Waals surface area contributed by atoms with Gasteiger partial charge in [0.1, 0.15) is 5.76 Å². The number of aryl methyl sites for hydroxylation is 1. The normalized spacial score (nSPS) is 16.0. The first kappa shape index (κ1) is 18.3. The summed E-state index contributed by atoms with van der Waals surface area (Å²) in [6.45, 7) is 2.30. The van der Waals surface area contributed by atoms with Gasteiger partial charge in [0.05, 0.1) is 18.4 Å². The number of esters is 1. The third-order valence-electron chi connectivity index (χ3n) is 5.40. The molecule has 1 aromatic carbocycles. The quantitative estimate of drug-likeness (QED) is 0.685. The lowest BCUT2D eigenvalue weighted by Crippen LogP contribution is -2.30. The molecule has 0 bridgehead atoms. The van der Waals surface area contributed by atoms with Crippen LogP contribution in [0.3, 0.4) is 0 Å². The molecule has 1 atom stereocenters. The first-order valence-electron chi connectivity index (χ1n) is 9.58. The van der Waals surface area contributed by atoms with E-state index < -0.39 is 5.97 Å². The van der Waals surface area contributed by atoms with Gasteiger partial charge in [-0.15, -0.1) is 0 Å². The molecule has 6 nitrogen and oxygen atoms in total. The van der Waals surface area contributed by atoms with E-state index in [2.05, 4.69) is 11.9 Å². The number of benzene rings is 1. The van der Waals surface area contributed by atoms with Crippen LogP contribution in [-0.4, -0.2) is 35.4 Å². The number of nitrogens with zero attached hydrogens (tertiary/aromatic N) is 1. The fourth-order valence-corrected chi connectivity index (χ4v) is 3.76. The molecule has 4 rings (SSSR count). The average molecular weight is 380 g/mol. The summed E-state index contributed by atoms with van der Waals surface area (Å²) in [5.74, 6) is 0.558. The van der Waals surface area contributed by atoms with Crippen LogP contribution < -0.4 is 0 Å². The van der Waals surface area contributed by atoms with Crippen molar-refractivity contribution in [1.29, 1.82) is 0 Å². The van der Waals surface area contributed by atoms with E-state index in [0.29, 0.717) is 23.8 Å². The van der Waals surface area contributed by atoms with Crippen molar-refractivity contribution in [2.24, 2.45) is 5.92 Å². The van der Waals surface area contributed by atoms with Gasteiger partial charge in [-0.2, -0.15) is 0 Å². The molecular weight excluding hydrogens is 356 g/mol. The average Bonchev–Trinajstić information content (AvgIpc) is 3.32. The van der Waals surface area contributed by atoms with Crippen molar-refractivity contribution in [3.05, 3.63) is 59.2 Å². The number of ether oxygens (including phenoxy) is 1. The molecule has 1 aliphatic rings. The molecule has 0 saturated heterocycles. The minimum Gasteiger partial charge on any atom is -0.467 e. The van der Waals surface area contributed by atoms with E-state index in [1.54, 1.807) is 31.5 Å². The van der Waals surface area contributed by atoms with Crippen molar-refractivity contribution in [3.63, 3.8) is 0 Å². The zero-order chi connectivity index (χ0) is 19.7. The Morgan fingerprint density at radius 2 is 2.18 bits per heavy atom. The van der Waals surface area contributed by atoms with Gasteiger partial charge in [0.2, 0.25) is 0 Å². The lowest BCUT2D eigenvalue weighted by atomic mass is 9.87. The summed E-state index contributed by atoms with van der Waals surface area (Å²) in [6.07, 6.45) is 4.80. The van der Waals surface area contributed by atoms with E-state index in [0.717, 1.165) is 23.7 Å². The minimum absolute atomic E-state index is 0.279. The fraction of sp³-hybridized carbons (Fsp3) is 0.364. The maximum absolute atomic E-state index is 12.5. The number of fused-ring (bicyclic) bond motifs is 3. The van der Waals surface area contributed by atoms with Crippen LogP contribution in [0.4, 0.5) is 0 Å². The highest BCUT2D eigenvalue weighted by Crippen LogP contribution is 2.32. The summed E-state index contributed by atoms with van der Waals surface area (Å²) in [4.78, 5) is 29.6. The third-order valence-corrected chi connectivity index (χ3v) is 5.40. The highest BCUT2D eigenvalue weighted by atomic mass is 16.5. The molecule has 146 valence electrons. The van der Waals surface area contributed by atoms with Crippen LogP contribution in [-0.2, 0) is 28.9 Å². The number of nitrogens with one attached hydrogen (secondary N) is 1. The Bertz CT molecular complexity index is 1000. The molecule has 2 aromatic heterocycles. The highest BCUT2D eigenvalue weighted by molar-refractivity contribution is 5.97. The summed E-state index contributed by atoms with van der Waals surface area (Å²) in [5, 5.41) is 1.08. The van der Waals surface area contributed by atoms with Crippen LogP contribution in [0.1, 0.15) is 40.7 Å². The summed E-state index contributed by atoms with van der Waals surface area (Å²) < 4.78 is 10.5. The molecule has 0 radical (unpaired) electrons. The molecule has 0 saturated carbocycles. The number of carbonyl (C=O) groups is 2. The van der Waals surface area contributed by atoms with Crippen molar-refractivity contribution >= 4 is 22.8 Å². The first-order valence-corrected chi connectivity index (χ1v) is 9.58. The molecule has 1 unspecified atom stereocenters. The van der Waals surface area contributed by atoms with Crippen LogP contribution >= 0.6 is 0 Å². The molecule has 6 heteroatoms. The first-order chi connectivity index (χ1) is 13.5. The van der Waals surface area contributed by atoms with Crippen LogP contribution in [0.25, 0.3) is 10.9 Å². The highest BCUT2D eigenvalue weighted by Gasteiger charge is 2.21. The number of aromatic nitrogens is 1. The van der Waals surface area contributed by atoms with E-state index in [-0.39, 0.29) is 12.5 Å². The number of aromatic amines is 1. The van der Waals surface area contributed by atoms with Crippen molar-refractivity contribution in [2.45, 2.75) is 32.7 Å². The Hall–Kier alpha value is -3.02. The largest absolute Gasteiger partial charge is 0.467 e. The summed E-state index contributed by atoms with van der Waals surface area (Å²) in [7, 11) is 1.65. The molecule has 0 fully saturated rings. The fourth-order valence-electron chi connectivity index (χ4n) is 3.76. The molecule has 1 N–H and O–H groups in total. The van der Waals surface area contributed by atoms with E-state index in [1.165, 1.54) is 22.6 Å². The van der Waals surface area contributed by atoms with Gasteiger partial charge in [0.15, 0.2) is 6.61 Å². The zero-order valence-corrected chi connectivity index (χ0v) is 16.2. The van der Waals surface area contributed by atoms with E-state index in [1.807, 2.05) is 12.1 Å². The van der Waals surface area contributed by atoms with Gasteiger partial charge in [-0.1, -0.05) is 6.92 Å². The number of hydrogen-bond acceptors (Lipinski definition) is 4. The predicted octanol–water partition coefficient (Wildman–Crippen LogP) is 3.70. The Kier molecular flexibility index (Phi) is 4.94. The Morgan fingerprint density at radius 3 is 2.96 bits per heavy atom. The second-order valence-electron chi connectivity index (χ2n) is 7.60. The summed E-state index contributed by atoms with van der Waals surface area (Å²) >= 11 is 0. The number of carbonyl (C=O) groups excluding carboxylic acids is 2. The van der Waals surface area contributed by atoms with Crippen LogP contribution in [0.2, 0.25) is 0 Å². The maximum atomic E-state index is 12.5. The molecule has 2 heterocycles. The van der Waals surface area contributed by atoms with Gasteiger partial charge in [0.25, 0.3) is 5.91 Å². The van der Waals surface area contributed by atoms with Crippen LogP contribution in [0.5, 0.6) is 0 Å². The Labute approximate surface area is 163 Å². The second-order valence-corrected chi connectivity index (χ2v) is 7.60. The standard InChI is InChI=1S/C22H24N2O4/c1-14-5-7-19-17(10-14)18-11-15(6-8-20(18)23-19)22(26)28-13-21(25)24(2)12-16-4-3-9-27-16/h3-4,6,8-9,11,14,23H,5,7,10,12-13H2,1-2H3. The number of H-pyrrole nitrogens is 1. The number of hydrogen-bond donors (Lipinski definition) is 1. The van der Waals surface area contributed by atoms with Crippen molar-refractivity contribution < 1.29 is 18.7 Å². The van der Waals surface area contributed by atoms with E-state index in [4.69, 9.17) is 9.15 Å². The van der Waals surface area contributed by atoms with Crippen LogP contribution in [0.15, 0.2) is 41.0 Å². The third kappa shape index (κ3) is 3.67. The Balaban J connectivity index is 1.42. The van der Waals surface area contributed by atoms with Crippen molar-refractivity contribution in [2.75, 3.05) is 13.7 Å². The van der Waals surface area contributed by atoms with Crippen molar-refractivity contribution in [1.82, 2.24) is 9.88 Å². The molecule has 28 heavy (non-hydrogen) atoms. The van der Waals surface area contributed by atoms with Gasteiger partial charge < -0.3 is 19.0 Å². The summed E-state index contributed by atoms with van der Waals surface area (Å²) in [5.41, 5.74) is 4.09. The molecule has 1 amide bonds. The molecule has 0 spiro atoms. The minimum atomic E-state index is -0.486. The molecule has 3 aromatic rings. The lowest BCUT2D eigenvalue weighted by molar-refractivity contribution is -0.133. The number of rotatable bonds is 5. The molecule has 0 aliphatic heterocycles. The number of furan rings is 1. The molecular formula is C22H24N2O4. The van der Waals surface area contributed by atoms with Crippen LogP contribution in [0, 0.1) is 5.92 Å². The van der Waals surface area contributed by atoms with Gasteiger partial charge in [0, 0.05) is 23.6 Å². The van der Waals surface area contributed by atoms with E-state index >= 15 is 0 Å². The monoisotopic (exact) mass is 380 g/mol. The Morgan fingerprint density at radius 1 is 1.32 bits per heavy atom. The van der Waals surface area contributed by atoms with Gasteiger partial charge in [-0.3, -0.25) is 4.79 Å². The molecule has 1 aliphatic carbocycles. The second kappa shape index (κ2) is 7.54. The van der Waals surface area contributed by atoms with Gasteiger partial charge in [-0.05, 0) is 61.1 Å². The zero-order valence-electron chi connectivity index (χ0n) is 16.2. The predicted molar refractivity (Wildman–Crippen MR) is 105 cm³/mol. The van der Waals surface area contributed by atoms with Gasteiger partial charge >= 0.3 is 5.97 Å².